The van der Waals surface area contributed by atoms with Gasteiger partial charge in [0.15, 0.2) is 17.3 Å². The van der Waals surface area contributed by atoms with E-state index in [1.165, 1.54) is 21.3 Å². The molecule has 3 aliphatic rings. The summed E-state index contributed by atoms with van der Waals surface area (Å²) < 4.78 is 15.1. The first-order valence-electron chi connectivity index (χ1n) is 18.1. The number of allylic oxidation sites excluding steroid dienone is 3. The number of ether oxygens (including phenoxy) is 3. The number of carboxylic acids is 3. The van der Waals surface area contributed by atoms with Crippen LogP contribution in [0, 0.1) is 5.92 Å². The van der Waals surface area contributed by atoms with Crippen LogP contribution in [0.25, 0.3) is 0 Å². The van der Waals surface area contributed by atoms with Gasteiger partial charge in [-0.15, -0.1) is 0 Å². The van der Waals surface area contributed by atoms with Crippen molar-refractivity contribution in [2.24, 2.45) is 10.9 Å². The smallest absolute Gasteiger partial charge is 0.326 e. The topological polar surface area (TPSA) is 384 Å². The fourth-order valence-electron chi connectivity index (χ4n) is 6.07. The largest absolute Gasteiger partial charge is 0.493 e. The summed E-state index contributed by atoms with van der Waals surface area (Å²) in [6, 6.07) is -1.59. The SMILES string of the molecule is COC1=C(NC(CO)CO)CC(O)(CO)CC1=O.COC1=C(NCC(=O)O)C[C@@](O)(CO)CC1=O.COC1=C(N[C@H](C(=O)O)C(C)C)C[C@](O)(CO)CC1=NCC(=O)O. The van der Waals surface area contributed by atoms with Gasteiger partial charge in [-0.2, -0.15) is 0 Å². The van der Waals surface area contributed by atoms with Gasteiger partial charge in [0.1, 0.15) is 30.3 Å². The first-order chi connectivity index (χ1) is 27.5. The van der Waals surface area contributed by atoms with E-state index >= 15 is 0 Å². The normalized spacial score (nSPS) is 24.5. The first-order valence-corrected chi connectivity index (χ1v) is 18.1. The molecule has 0 aliphatic heterocycles. The predicted octanol–water partition coefficient (Wildman–Crippen LogP) is -3.94. The van der Waals surface area contributed by atoms with Crippen LogP contribution in [0.3, 0.4) is 0 Å². The molecular formula is C36H58N4O19. The number of aliphatic carboxylic acids is 3. The Kier molecular flexibility index (Phi) is 20.9. The lowest BCUT2D eigenvalue weighted by atomic mass is 9.85. The number of aliphatic hydroxyl groups excluding tert-OH is 5. The highest BCUT2D eigenvalue weighted by Crippen LogP contribution is 2.32. The molecule has 0 bridgehead atoms. The number of carbonyl (C=O) groups is 5. The highest BCUT2D eigenvalue weighted by molar-refractivity contribution is 6.01. The van der Waals surface area contributed by atoms with Gasteiger partial charge in [0.05, 0.1) is 88.8 Å². The summed E-state index contributed by atoms with van der Waals surface area (Å²) in [6.45, 7) is 0.156. The standard InChI is InChI=1S/C15H24N2O7.C11H19NO6.C10H15NO6/c1-8(2)12(14(21)22)17-10-5-15(23,7-18)4-9(13(10)24-3)16-6-11(19)20;1-18-10-8(12-7(4-13)5-14)2-11(17,6-15)3-9(10)16;1-17-9-6(11-4-8(14)15)2-10(16,5-12)3-7(9)13/h8,12,17-18,23H,4-7H2,1-3H3,(H,19,20)(H,21,22);7,12-15,17H,2-6H2,1H3;11-12,16H,2-5H2,1H3,(H,14,15)/t12-,15-;;10-/m0.0/s1. The molecule has 23 heteroatoms. The zero-order chi connectivity index (χ0) is 45.3. The molecule has 4 atom stereocenters. The van der Waals surface area contributed by atoms with Crippen LogP contribution in [-0.2, 0) is 38.2 Å². The summed E-state index contributed by atoms with van der Waals surface area (Å²) >= 11 is 0. The zero-order valence-electron chi connectivity index (χ0n) is 33.6. The van der Waals surface area contributed by atoms with E-state index in [1.54, 1.807) is 13.8 Å². The van der Waals surface area contributed by atoms with Gasteiger partial charge in [0, 0.05) is 38.5 Å². The van der Waals surface area contributed by atoms with E-state index in [2.05, 4.69) is 20.9 Å². The quantitative estimate of drug-likeness (QED) is 0.0590. The number of hydrogen-bond acceptors (Lipinski definition) is 20. The highest BCUT2D eigenvalue weighted by atomic mass is 16.5. The minimum atomic E-state index is -1.57. The van der Waals surface area contributed by atoms with E-state index in [0.717, 1.165) is 0 Å². The fraction of sp³-hybridized carbons (Fsp3) is 0.667. The molecule has 0 aromatic carbocycles. The minimum Gasteiger partial charge on any atom is -0.493 e. The molecule has 3 aliphatic carbocycles. The molecule has 59 heavy (non-hydrogen) atoms. The van der Waals surface area contributed by atoms with Crippen LogP contribution in [0.15, 0.2) is 39.4 Å². The molecule has 0 saturated carbocycles. The molecular weight excluding hydrogens is 792 g/mol. The molecule has 0 amide bonds. The van der Waals surface area contributed by atoms with Gasteiger partial charge in [-0.05, 0) is 5.92 Å². The lowest BCUT2D eigenvalue weighted by molar-refractivity contribution is -0.140. The van der Waals surface area contributed by atoms with Crippen LogP contribution in [-0.4, -0.2) is 188 Å². The Balaban J connectivity index is 0.000000451. The lowest BCUT2D eigenvalue weighted by Gasteiger charge is -2.35. The fourth-order valence-corrected chi connectivity index (χ4v) is 6.07. The van der Waals surface area contributed by atoms with Crippen molar-refractivity contribution in [3.05, 3.63) is 34.4 Å². The van der Waals surface area contributed by atoms with Gasteiger partial charge >= 0.3 is 17.9 Å². The summed E-state index contributed by atoms with van der Waals surface area (Å²) in [6.07, 6.45) is -0.674. The summed E-state index contributed by atoms with van der Waals surface area (Å²) in [5, 5.41) is 110. The summed E-state index contributed by atoms with van der Waals surface area (Å²) in [4.78, 5) is 59.8. The number of Topliss-reactive ketones (excluding diaryl/α,β-unsaturated/α-hetero) is 2. The van der Waals surface area contributed by atoms with E-state index in [-0.39, 0.29) is 97.7 Å². The molecule has 23 nitrogen and oxygen atoms in total. The number of methoxy groups -OCH3 is 3. The Morgan fingerprint density at radius 3 is 1.44 bits per heavy atom. The molecule has 14 N–H and O–H groups in total. The maximum atomic E-state index is 11.7. The number of ketones is 2. The predicted molar refractivity (Wildman–Crippen MR) is 202 cm³/mol. The number of carbonyl (C=O) groups excluding carboxylic acids is 2. The second-order valence-electron chi connectivity index (χ2n) is 14.4. The number of carboxylic acid groups (broad SMARTS) is 3. The molecule has 0 radical (unpaired) electrons. The van der Waals surface area contributed by atoms with Gasteiger partial charge in [0.25, 0.3) is 0 Å². The van der Waals surface area contributed by atoms with Crippen molar-refractivity contribution in [2.75, 3.05) is 67.5 Å². The van der Waals surface area contributed by atoms with Gasteiger partial charge in [-0.25, -0.2) is 4.79 Å². The van der Waals surface area contributed by atoms with E-state index < -0.39 is 91.3 Å². The Labute approximate surface area is 339 Å². The molecule has 0 aromatic rings. The molecule has 0 aromatic heterocycles. The van der Waals surface area contributed by atoms with Crippen LogP contribution in [0.2, 0.25) is 0 Å². The van der Waals surface area contributed by atoms with E-state index in [4.69, 9.17) is 44.8 Å². The van der Waals surface area contributed by atoms with Gasteiger partial charge in [0.2, 0.25) is 11.6 Å². The van der Waals surface area contributed by atoms with Crippen LogP contribution >= 0.6 is 0 Å². The van der Waals surface area contributed by atoms with Gasteiger partial charge in [-0.3, -0.25) is 24.2 Å². The monoisotopic (exact) mass is 850 g/mol. The molecule has 0 fully saturated rings. The number of aliphatic hydroxyl groups is 8. The van der Waals surface area contributed by atoms with Crippen LogP contribution in [0.1, 0.15) is 52.4 Å². The summed E-state index contributed by atoms with van der Waals surface area (Å²) in [5.41, 5.74) is -3.75. The highest BCUT2D eigenvalue weighted by Gasteiger charge is 2.41. The van der Waals surface area contributed by atoms with Crippen LogP contribution in [0.5, 0.6) is 0 Å². The molecule has 0 heterocycles. The maximum absolute atomic E-state index is 11.7. The number of nitrogens with zero attached hydrogens (tertiary/aromatic N) is 1. The third-order valence-corrected chi connectivity index (χ3v) is 9.02. The average Bonchev–Trinajstić information content (AvgIpc) is 3.17. The Morgan fingerprint density at radius 1 is 0.644 bits per heavy atom. The van der Waals surface area contributed by atoms with Crippen molar-refractivity contribution in [3.8, 4) is 0 Å². The van der Waals surface area contributed by atoms with E-state index in [1.807, 2.05) is 0 Å². The van der Waals surface area contributed by atoms with Crippen LogP contribution < -0.4 is 16.0 Å². The van der Waals surface area contributed by atoms with Crippen molar-refractivity contribution in [1.82, 2.24) is 16.0 Å². The van der Waals surface area contributed by atoms with Gasteiger partial charge < -0.3 is 86.3 Å². The van der Waals surface area contributed by atoms with E-state index in [0.29, 0.717) is 0 Å². The van der Waals surface area contributed by atoms with Crippen molar-refractivity contribution in [1.29, 1.82) is 0 Å². The zero-order valence-corrected chi connectivity index (χ0v) is 33.6. The second kappa shape index (κ2) is 23.6. The third kappa shape index (κ3) is 15.7. The number of aliphatic imine (C=N–C) groups is 1. The third-order valence-electron chi connectivity index (χ3n) is 9.02. The molecule has 0 saturated heterocycles. The summed E-state index contributed by atoms with van der Waals surface area (Å²) in [5.74, 6) is -4.23. The van der Waals surface area contributed by atoms with Gasteiger partial charge in [-0.1, -0.05) is 13.8 Å². The lowest BCUT2D eigenvalue weighted by Crippen LogP contribution is -2.48. The Bertz CT molecular complexity index is 1620. The maximum Gasteiger partial charge on any atom is 0.326 e. The average molecular weight is 851 g/mol. The first kappa shape index (κ1) is 52.1. The van der Waals surface area contributed by atoms with Crippen molar-refractivity contribution in [2.45, 2.75) is 81.3 Å². The van der Waals surface area contributed by atoms with Crippen molar-refractivity contribution < 1.29 is 94.4 Å². The number of nitrogens with one attached hydrogen (secondary N) is 3. The molecule has 1 unspecified atom stereocenters. The van der Waals surface area contributed by atoms with E-state index in [9.17, 15) is 49.5 Å². The Hall–Kier alpha value is -4.88. The Morgan fingerprint density at radius 2 is 1.07 bits per heavy atom. The second-order valence-corrected chi connectivity index (χ2v) is 14.4. The minimum absolute atomic E-state index is 0.00405. The van der Waals surface area contributed by atoms with Crippen molar-refractivity contribution in [3.63, 3.8) is 0 Å². The van der Waals surface area contributed by atoms with Crippen molar-refractivity contribution >= 4 is 35.2 Å². The molecule has 336 valence electrons. The summed E-state index contributed by atoms with van der Waals surface area (Å²) in [7, 11) is 3.96. The number of hydrogen-bond donors (Lipinski definition) is 14. The molecule has 3 rings (SSSR count). The molecule has 0 spiro atoms. The van der Waals surface area contributed by atoms with Crippen LogP contribution in [0.4, 0.5) is 0 Å². The number of rotatable bonds is 19.